The van der Waals surface area contributed by atoms with E-state index in [1.54, 1.807) is 12.1 Å². The number of carbonyl (C=O) groups is 2. The number of aliphatic carboxylic acids is 1. The Morgan fingerprint density at radius 2 is 1.65 bits per heavy atom. The lowest BCUT2D eigenvalue weighted by Gasteiger charge is -2.18. The zero-order valence-corrected chi connectivity index (χ0v) is 19.3. The van der Waals surface area contributed by atoms with Gasteiger partial charge in [0.2, 0.25) is 0 Å². The Kier molecular flexibility index (Phi) is 6.48. The van der Waals surface area contributed by atoms with Gasteiger partial charge in [-0.15, -0.1) is 0 Å². The van der Waals surface area contributed by atoms with Gasteiger partial charge in [-0.3, -0.25) is 0 Å². The predicted molar refractivity (Wildman–Crippen MR) is 128 cm³/mol. The molecule has 0 saturated carbocycles. The molecule has 0 aromatic heterocycles. The Morgan fingerprint density at radius 3 is 2.23 bits per heavy atom. The van der Waals surface area contributed by atoms with Crippen LogP contribution in [0.4, 0.5) is 4.79 Å². The van der Waals surface area contributed by atoms with Crippen molar-refractivity contribution in [2.45, 2.75) is 18.4 Å². The molecule has 0 bridgehead atoms. The van der Waals surface area contributed by atoms with Gasteiger partial charge in [0.15, 0.2) is 0 Å². The summed E-state index contributed by atoms with van der Waals surface area (Å²) in [5.41, 5.74) is 5.18. The molecule has 1 atom stereocenters. The van der Waals surface area contributed by atoms with Gasteiger partial charge in [-0.1, -0.05) is 60.1 Å². The van der Waals surface area contributed by atoms with Crippen molar-refractivity contribution >= 4 is 46.3 Å². The first-order valence-electron chi connectivity index (χ1n) is 9.71. The summed E-state index contributed by atoms with van der Waals surface area (Å²) in [6, 6.07) is 20.3. The Balaban J connectivity index is 1.44. The molecule has 31 heavy (non-hydrogen) atoms. The van der Waals surface area contributed by atoms with E-state index in [9.17, 15) is 14.7 Å². The standard InChI is InChI=1S/C24H19ClINO4/c25-15-9-14(10-16(26)12-15)11-22(23(28)29)27-24(30)31-13-21-19-7-3-1-5-17(19)18-6-2-4-8-20(18)21/h1-10,12,21-22H,11,13H2,(H,27,30)(H,28,29)/t22-/m0/s1. The average Bonchev–Trinajstić information content (AvgIpc) is 3.05. The number of fused-ring (bicyclic) bond motifs is 3. The van der Waals surface area contributed by atoms with Crippen LogP contribution in [0.15, 0.2) is 66.7 Å². The summed E-state index contributed by atoms with van der Waals surface area (Å²) in [6.45, 7) is 0.126. The van der Waals surface area contributed by atoms with Crippen LogP contribution in [0.3, 0.4) is 0 Å². The number of amides is 1. The van der Waals surface area contributed by atoms with Gasteiger partial charge in [0.1, 0.15) is 12.6 Å². The first kappa shape index (κ1) is 21.6. The number of hydrogen-bond donors (Lipinski definition) is 2. The average molecular weight is 548 g/mol. The molecule has 5 nitrogen and oxygen atoms in total. The Morgan fingerprint density at radius 1 is 1.03 bits per heavy atom. The highest BCUT2D eigenvalue weighted by molar-refractivity contribution is 14.1. The summed E-state index contributed by atoms with van der Waals surface area (Å²) >= 11 is 8.17. The zero-order valence-electron chi connectivity index (χ0n) is 16.3. The number of alkyl carbamates (subject to hydrolysis) is 1. The summed E-state index contributed by atoms with van der Waals surface area (Å²) in [4.78, 5) is 24.1. The zero-order chi connectivity index (χ0) is 22.0. The van der Waals surface area contributed by atoms with Crippen LogP contribution in [0, 0.1) is 3.57 Å². The van der Waals surface area contributed by atoms with Gasteiger partial charge >= 0.3 is 12.1 Å². The maximum atomic E-state index is 12.4. The summed E-state index contributed by atoms with van der Waals surface area (Å²) in [5.74, 6) is -1.22. The van der Waals surface area contributed by atoms with E-state index in [1.807, 2.05) is 42.5 Å². The second-order valence-electron chi connectivity index (χ2n) is 7.34. The van der Waals surface area contributed by atoms with Crippen molar-refractivity contribution in [1.29, 1.82) is 0 Å². The largest absolute Gasteiger partial charge is 0.480 e. The topological polar surface area (TPSA) is 75.6 Å². The van der Waals surface area contributed by atoms with Crippen molar-refractivity contribution in [3.05, 3.63) is 92.0 Å². The fraction of sp³-hybridized carbons (Fsp3) is 0.167. The van der Waals surface area contributed by atoms with Crippen LogP contribution >= 0.6 is 34.2 Å². The third-order valence-electron chi connectivity index (χ3n) is 5.30. The molecule has 0 radical (unpaired) electrons. The van der Waals surface area contributed by atoms with Gasteiger partial charge in [0.25, 0.3) is 0 Å². The highest BCUT2D eigenvalue weighted by atomic mass is 127. The molecule has 0 saturated heterocycles. The molecule has 158 valence electrons. The lowest BCUT2D eigenvalue weighted by Crippen LogP contribution is -2.42. The van der Waals surface area contributed by atoms with Crippen molar-refractivity contribution in [3.63, 3.8) is 0 Å². The number of hydrogen-bond acceptors (Lipinski definition) is 3. The van der Waals surface area contributed by atoms with E-state index in [2.05, 4.69) is 40.0 Å². The molecule has 0 aliphatic heterocycles. The number of halogens is 2. The van der Waals surface area contributed by atoms with Crippen LogP contribution < -0.4 is 5.32 Å². The van der Waals surface area contributed by atoms with Crippen molar-refractivity contribution in [1.82, 2.24) is 5.32 Å². The summed E-state index contributed by atoms with van der Waals surface area (Å²) in [5, 5.41) is 12.5. The number of carbonyl (C=O) groups excluding carboxylic acids is 1. The highest BCUT2D eigenvalue weighted by Crippen LogP contribution is 2.44. The number of carboxylic acid groups (broad SMARTS) is 1. The fourth-order valence-electron chi connectivity index (χ4n) is 3.95. The number of rotatable bonds is 6. The normalized spacial score (nSPS) is 13.2. The van der Waals surface area contributed by atoms with Crippen molar-refractivity contribution in [2.75, 3.05) is 6.61 Å². The van der Waals surface area contributed by atoms with Crippen LogP contribution in [0.1, 0.15) is 22.6 Å². The second kappa shape index (κ2) is 9.28. The monoisotopic (exact) mass is 547 g/mol. The van der Waals surface area contributed by atoms with Gasteiger partial charge in [-0.2, -0.15) is 0 Å². The summed E-state index contributed by atoms with van der Waals surface area (Å²) in [7, 11) is 0. The summed E-state index contributed by atoms with van der Waals surface area (Å²) < 4.78 is 6.36. The minimum atomic E-state index is -1.14. The Hall–Kier alpha value is -2.58. The van der Waals surface area contributed by atoms with E-state index < -0.39 is 18.1 Å². The van der Waals surface area contributed by atoms with Crippen molar-refractivity contribution < 1.29 is 19.4 Å². The Bertz CT molecular complexity index is 1080. The van der Waals surface area contributed by atoms with Crippen LogP contribution in [-0.4, -0.2) is 29.8 Å². The van der Waals surface area contributed by atoms with E-state index in [0.717, 1.165) is 31.4 Å². The van der Waals surface area contributed by atoms with E-state index in [1.165, 1.54) is 0 Å². The molecule has 0 heterocycles. The first-order chi connectivity index (χ1) is 14.9. The van der Waals surface area contributed by atoms with Crippen LogP contribution in [-0.2, 0) is 16.0 Å². The molecule has 3 aromatic carbocycles. The van der Waals surface area contributed by atoms with Crippen LogP contribution in [0.25, 0.3) is 11.1 Å². The minimum absolute atomic E-state index is 0.0871. The van der Waals surface area contributed by atoms with Gasteiger partial charge in [-0.05, 0) is 68.6 Å². The minimum Gasteiger partial charge on any atom is -0.480 e. The molecule has 2 N–H and O–H groups in total. The number of ether oxygens (including phenoxy) is 1. The van der Waals surface area contributed by atoms with E-state index in [4.69, 9.17) is 16.3 Å². The van der Waals surface area contributed by atoms with Crippen LogP contribution in [0.2, 0.25) is 5.02 Å². The van der Waals surface area contributed by atoms with E-state index in [-0.39, 0.29) is 18.9 Å². The van der Waals surface area contributed by atoms with E-state index in [0.29, 0.717) is 5.02 Å². The van der Waals surface area contributed by atoms with Crippen molar-refractivity contribution in [3.8, 4) is 11.1 Å². The number of carboxylic acids is 1. The molecule has 1 aliphatic rings. The lowest BCUT2D eigenvalue weighted by atomic mass is 9.98. The molecular formula is C24H19ClINO4. The molecular weight excluding hydrogens is 529 g/mol. The number of benzene rings is 3. The lowest BCUT2D eigenvalue weighted by molar-refractivity contribution is -0.139. The SMILES string of the molecule is O=C(N[C@@H](Cc1cc(Cl)cc(I)c1)C(=O)O)OCC1c2ccccc2-c2ccccc21. The van der Waals surface area contributed by atoms with E-state index >= 15 is 0 Å². The fourth-order valence-corrected chi connectivity index (χ4v) is 5.12. The molecule has 0 spiro atoms. The van der Waals surface area contributed by atoms with Crippen LogP contribution in [0.5, 0.6) is 0 Å². The quantitative estimate of drug-likeness (QED) is 0.401. The third kappa shape index (κ3) is 4.85. The Labute approximate surface area is 198 Å². The van der Waals surface area contributed by atoms with Gasteiger partial charge in [0.05, 0.1) is 0 Å². The molecule has 3 aromatic rings. The number of nitrogens with one attached hydrogen (secondary N) is 1. The van der Waals surface area contributed by atoms with Gasteiger partial charge in [-0.25, -0.2) is 9.59 Å². The van der Waals surface area contributed by atoms with Gasteiger partial charge in [0, 0.05) is 20.9 Å². The molecule has 1 amide bonds. The first-order valence-corrected chi connectivity index (χ1v) is 11.2. The molecule has 4 rings (SSSR count). The smallest absolute Gasteiger partial charge is 0.407 e. The molecule has 0 fully saturated rings. The van der Waals surface area contributed by atoms with Crippen molar-refractivity contribution in [2.24, 2.45) is 0 Å². The molecule has 1 aliphatic carbocycles. The van der Waals surface area contributed by atoms with Gasteiger partial charge < -0.3 is 15.2 Å². The third-order valence-corrected chi connectivity index (χ3v) is 6.14. The molecule has 7 heteroatoms. The maximum Gasteiger partial charge on any atom is 0.407 e. The predicted octanol–water partition coefficient (Wildman–Crippen LogP) is 5.48. The maximum absolute atomic E-state index is 12.4. The molecule has 0 unspecified atom stereocenters. The summed E-state index contributed by atoms with van der Waals surface area (Å²) in [6.07, 6.45) is -0.651. The second-order valence-corrected chi connectivity index (χ2v) is 9.02. The highest BCUT2D eigenvalue weighted by Gasteiger charge is 2.29.